The summed E-state index contributed by atoms with van der Waals surface area (Å²) in [5.41, 5.74) is -1.50. The zero-order valence-corrected chi connectivity index (χ0v) is 47.1. The number of likely N-dealkylation sites (N-methyl/N-ethyl adjacent to an activating group) is 2. The number of nitrogens with zero attached hydrogens (tertiary/aromatic N) is 1. The fraction of sp³-hybridized carbons (Fsp3) is 0.852. The van der Waals surface area contributed by atoms with E-state index in [1.165, 1.54) is 0 Å². The standard InChI is InChI=1S/C54H92N2O15Si/c1-17-18-20-25-41(57)68-51-36(6)64-45(31-54(51,10)60)69-48-35(5)65-52(47(59)46(48)56(12)13)70-49-37-28-32(2)39(66-43-27-26-38(55-11)34(4)63-43)24-22-19-21-23-33(3)62-42(58)30-40(50(49)61-14)67-44(29-37)71-72(15,16)53(7,8)9/h1,19,21-22,24,32-40,43-52,55,59-60H,18,20,23,25-31H2,2-16H3/b21-19+,24-22+/t32-,33-,34-,35-,36+,37-,38+,39+,40-,43+,44?,45+,46-,47-,48-,49+,50+,51+,52+,54-/m1/s1. The van der Waals surface area contributed by atoms with Gasteiger partial charge in [-0.15, -0.1) is 12.3 Å². The van der Waals surface area contributed by atoms with Gasteiger partial charge in [-0.3, -0.25) is 9.59 Å². The summed E-state index contributed by atoms with van der Waals surface area (Å²) in [6, 6.07) is -0.469. The number of allylic oxidation sites excluding steroid dienone is 2. The van der Waals surface area contributed by atoms with Crippen LogP contribution in [0.3, 0.4) is 0 Å². The molecule has 5 heterocycles. The van der Waals surface area contributed by atoms with Crippen LogP contribution >= 0.6 is 0 Å². The molecule has 5 rings (SSSR count). The van der Waals surface area contributed by atoms with E-state index in [1.54, 1.807) is 21.0 Å². The number of cyclic esters (lactones) is 1. The lowest BCUT2D eigenvalue weighted by Crippen LogP contribution is -2.65. The zero-order chi connectivity index (χ0) is 53.3. The Kier molecular flexibility index (Phi) is 22.4. The topological polar surface area (TPSA) is 191 Å². The molecule has 18 heteroatoms. The van der Waals surface area contributed by atoms with Crippen LogP contribution in [-0.2, 0) is 61.4 Å². The van der Waals surface area contributed by atoms with Crippen LogP contribution < -0.4 is 5.32 Å². The maximum absolute atomic E-state index is 13.9. The monoisotopic (exact) mass is 1040 g/mol. The molecular weight excluding hydrogens is 945 g/mol. The second-order valence-corrected chi connectivity index (χ2v) is 27.7. The molecule has 0 amide bonds. The van der Waals surface area contributed by atoms with Gasteiger partial charge in [0.15, 0.2) is 33.3 Å². The van der Waals surface area contributed by atoms with E-state index in [4.69, 9.17) is 58.2 Å². The summed E-state index contributed by atoms with van der Waals surface area (Å²) >= 11 is 0. The van der Waals surface area contributed by atoms with Crippen LogP contribution in [0.15, 0.2) is 24.3 Å². The van der Waals surface area contributed by atoms with Gasteiger partial charge in [-0.2, -0.15) is 0 Å². The number of carbonyl (C=O) groups is 2. The van der Waals surface area contributed by atoms with Gasteiger partial charge in [0.1, 0.15) is 36.3 Å². The van der Waals surface area contributed by atoms with Crippen LogP contribution in [-0.4, -0.2) is 174 Å². The van der Waals surface area contributed by atoms with E-state index >= 15 is 0 Å². The first-order valence-corrected chi connectivity index (χ1v) is 29.4. The number of terminal acetylenes is 1. The van der Waals surface area contributed by atoms with Crippen LogP contribution in [0.2, 0.25) is 18.1 Å². The Morgan fingerprint density at radius 1 is 0.944 bits per heavy atom. The summed E-state index contributed by atoms with van der Waals surface area (Å²) in [4.78, 5) is 28.4. The molecule has 0 saturated carbocycles. The van der Waals surface area contributed by atoms with Crippen molar-refractivity contribution >= 4 is 20.3 Å². The van der Waals surface area contributed by atoms with Crippen molar-refractivity contribution in [1.29, 1.82) is 0 Å². The normalized spacial score (nSPS) is 41.7. The Morgan fingerprint density at radius 3 is 2.28 bits per heavy atom. The fourth-order valence-corrected chi connectivity index (χ4v) is 11.8. The number of aliphatic hydroxyl groups is 2. The third-order valence-corrected chi connectivity index (χ3v) is 20.1. The number of aliphatic hydroxyl groups excluding tert-OH is 1. The molecule has 20 atom stereocenters. The van der Waals surface area contributed by atoms with Gasteiger partial charge in [0.2, 0.25) is 0 Å². The zero-order valence-electron chi connectivity index (χ0n) is 46.1. The molecule has 4 fully saturated rings. The number of nitrogens with one attached hydrogen (secondary N) is 1. The second kappa shape index (κ2) is 26.6. The van der Waals surface area contributed by atoms with Crippen molar-refractivity contribution in [2.75, 3.05) is 28.3 Å². The van der Waals surface area contributed by atoms with E-state index in [2.05, 4.69) is 65.0 Å². The summed E-state index contributed by atoms with van der Waals surface area (Å²) in [5.74, 6) is 1.15. The Balaban J connectivity index is 1.49. The molecule has 0 radical (unpaired) electrons. The first-order valence-electron chi connectivity index (χ1n) is 26.5. The van der Waals surface area contributed by atoms with E-state index < -0.39 is 112 Å². The van der Waals surface area contributed by atoms with Gasteiger partial charge in [0, 0.05) is 45.3 Å². The van der Waals surface area contributed by atoms with Crippen molar-refractivity contribution in [2.24, 2.45) is 11.8 Å². The van der Waals surface area contributed by atoms with Gasteiger partial charge in [0.05, 0.1) is 49.1 Å². The van der Waals surface area contributed by atoms with Gasteiger partial charge < -0.3 is 72.2 Å². The molecule has 0 aliphatic carbocycles. The molecule has 3 N–H and O–H groups in total. The minimum atomic E-state index is -2.48. The van der Waals surface area contributed by atoms with Gasteiger partial charge >= 0.3 is 11.9 Å². The van der Waals surface area contributed by atoms with Crippen molar-refractivity contribution in [1.82, 2.24) is 10.2 Å². The SMILES string of the molecule is C#CCCCC(=O)O[C@H]1[C@H](C)O[C@@H](O[C@H]2[C@H](N(C)C)[C@@H](O)[C@H](O[C@H]3[C@H]4CC(O[Si](C)(C)C(C)(C)C)O[C@H](CC(=O)O[C@H](C)C/C=C/C=C/[C@H](O[C@H]5CC[C@H](NC)[C@@H](C)O5)[C@H](C)C4)[C@@H]3OC)O[C@@H]2C)C[C@@]1(C)O. The number of fused-ring (bicyclic) bond motifs is 3. The molecular formula is C54H92N2O15Si. The van der Waals surface area contributed by atoms with Crippen molar-refractivity contribution in [3.63, 3.8) is 0 Å². The molecule has 412 valence electrons. The quantitative estimate of drug-likeness (QED) is 0.0694. The molecule has 2 bridgehead atoms. The van der Waals surface area contributed by atoms with E-state index in [9.17, 15) is 19.8 Å². The molecule has 17 nitrogen and oxygen atoms in total. The summed E-state index contributed by atoms with van der Waals surface area (Å²) < 4.78 is 72.2. The first-order chi connectivity index (χ1) is 33.8. The predicted octanol–water partition coefficient (Wildman–Crippen LogP) is 6.52. The number of hydrogen-bond donors (Lipinski definition) is 3. The highest BCUT2D eigenvalue weighted by molar-refractivity contribution is 6.74. The van der Waals surface area contributed by atoms with Crippen LogP contribution in [0.1, 0.15) is 127 Å². The highest BCUT2D eigenvalue weighted by Gasteiger charge is 2.54. The molecule has 5 aliphatic heterocycles. The largest absolute Gasteiger partial charge is 0.462 e. The maximum Gasteiger partial charge on any atom is 0.308 e. The summed E-state index contributed by atoms with van der Waals surface area (Å²) in [6.07, 6.45) is 6.23. The third-order valence-electron chi connectivity index (χ3n) is 15.7. The molecule has 0 aromatic carbocycles. The van der Waals surface area contributed by atoms with Gasteiger partial charge in [-0.25, -0.2) is 0 Å². The van der Waals surface area contributed by atoms with Crippen molar-refractivity contribution in [3.8, 4) is 12.3 Å². The number of unbranched alkanes of at least 4 members (excludes halogenated alkanes) is 1. The number of carbonyl (C=O) groups excluding carboxylic acids is 2. The number of esters is 2. The smallest absolute Gasteiger partial charge is 0.308 e. The van der Waals surface area contributed by atoms with Crippen molar-refractivity contribution < 1.29 is 71.6 Å². The summed E-state index contributed by atoms with van der Waals surface area (Å²) in [7, 11) is 4.74. The van der Waals surface area contributed by atoms with Crippen LogP contribution in [0, 0.1) is 24.2 Å². The van der Waals surface area contributed by atoms with E-state index in [0.29, 0.717) is 32.1 Å². The van der Waals surface area contributed by atoms with Gasteiger partial charge in [-0.1, -0.05) is 52.0 Å². The maximum atomic E-state index is 13.9. The lowest BCUT2D eigenvalue weighted by molar-refractivity contribution is -0.343. The van der Waals surface area contributed by atoms with E-state index in [0.717, 1.165) is 12.8 Å². The molecule has 0 aromatic heterocycles. The van der Waals surface area contributed by atoms with Crippen LogP contribution in [0.25, 0.3) is 0 Å². The third kappa shape index (κ3) is 16.1. The van der Waals surface area contributed by atoms with Gasteiger partial charge in [0.25, 0.3) is 0 Å². The van der Waals surface area contributed by atoms with Crippen LogP contribution in [0.5, 0.6) is 0 Å². The molecule has 0 spiro atoms. The van der Waals surface area contributed by atoms with Crippen LogP contribution in [0.4, 0.5) is 0 Å². The summed E-state index contributed by atoms with van der Waals surface area (Å²) in [5, 5.41) is 27.4. The first kappa shape index (κ1) is 60.5. The number of ether oxygens (including phenoxy) is 10. The lowest BCUT2D eigenvalue weighted by atomic mass is 9.82. The highest BCUT2D eigenvalue weighted by atomic mass is 28.4. The molecule has 5 aliphatic rings. The number of methoxy groups -OCH3 is 1. The molecule has 72 heavy (non-hydrogen) atoms. The van der Waals surface area contributed by atoms with Crippen molar-refractivity contribution in [3.05, 3.63) is 24.3 Å². The summed E-state index contributed by atoms with van der Waals surface area (Å²) in [6.45, 7) is 22.1. The van der Waals surface area contributed by atoms with Gasteiger partial charge in [-0.05, 0) is 111 Å². The average Bonchev–Trinajstić information content (AvgIpc) is 3.39. The average molecular weight is 1040 g/mol. The highest BCUT2D eigenvalue weighted by Crippen LogP contribution is 2.43. The Bertz CT molecular complexity index is 1820. The fourth-order valence-electron chi connectivity index (χ4n) is 10.6. The Labute approximate surface area is 432 Å². The molecule has 0 aromatic rings. The van der Waals surface area contributed by atoms with E-state index in [1.807, 2.05) is 58.1 Å². The minimum Gasteiger partial charge on any atom is -0.462 e. The minimum absolute atomic E-state index is 0.0181. The van der Waals surface area contributed by atoms with Crippen molar-refractivity contribution in [2.45, 2.75) is 255 Å². The molecule has 4 saturated heterocycles. The number of hydrogen-bond acceptors (Lipinski definition) is 17. The lowest BCUT2D eigenvalue weighted by Gasteiger charge is -2.50. The number of rotatable bonds is 15. The Morgan fingerprint density at radius 2 is 1.65 bits per heavy atom. The van der Waals surface area contributed by atoms with E-state index in [-0.39, 0.29) is 54.4 Å². The Hall–Kier alpha value is -2.32. The molecule has 1 unspecified atom stereocenters. The predicted molar refractivity (Wildman–Crippen MR) is 274 cm³/mol. The second-order valence-electron chi connectivity index (χ2n) is 22.9.